The molecular formula is C14H22ClFN2O2S. The Morgan fingerprint density at radius 3 is 2.62 bits per heavy atom. The quantitative estimate of drug-likeness (QED) is 0.713. The molecule has 1 aromatic carbocycles. The summed E-state index contributed by atoms with van der Waals surface area (Å²) < 4.78 is 40.2. The minimum Gasteiger partial charge on any atom is -0.396 e. The van der Waals surface area contributed by atoms with E-state index in [1.54, 1.807) is 0 Å². The molecule has 0 aliphatic carbocycles. The molecule has 0 radical (unpaired) electrons. The predicted molar refractivity (Wildman–Crippen MR) is 84.3 cm³/mol. The zero-order valence-electron chi connectivity index (χ0n) is 12.3. The third kappa shape index (κ3) is 5.13. The molecule has 1 aromatic rings. The number of rotatable bonds is 8. The van der Waals surface area contributed by atoms with E-state index in [1.165, 1.54) is 0 Å². The largest absolute Gasteiger partial charge is 0.396 e. The first kappa shape index (κ1) is 18.2. The van der Waals surface area contributed by atoms with E-state index in [2.05, 4.69) is 11.6 Å². The molecule has 0 bridgehead atoms. The van der Waals surface area contributed by atoms with Crippen molar-refractivity contribution >= 4 is 27.3 Å². The monoisotopic (exact) mass is 336 g/mol. The topological polar surface area (TPSA) is 72.2 Å². The molecule has 120 valence electrons. The van der Waals surface area contributed by atoms with Crippen LogP contribution in [0.1, 0.15) is 39.5 Å². The van der Waals surface area contributed by atoms with E-state index in [1.807, 2.05) is 6.92 Å². The normalized spacial score (nSPS) is 13.3. The Morgan fingerprint density at radius 1 is 1.38 bits per heavy atom. The van der Waals surface area contributed by atoms with Gasteiger partial charge in [-0.3, -0.25) is 0 Å². The van der Waals surface area contributed by atoms with E-state index in [0.29, 0.717) is 6.54 Å². The fourth-order valence-electron chi connectivity index (χ4n) is 2.00. The van der Waals surface area contributed by atoms with Crippen LogP contribution >= 0.6 is 11.6 Å². The van der Waals surface area contributed by atoms with Crippen molar-refractivity contribution in [2.75, 3.05) is 12.3 Å². The van der Waals surface area contributed by atoms with E-state index in [9.17, 15) is 12.8 Å². The Hall–Kier alpha value is -0.850. The van der Waals surface area contributed by atoms with Crippen LogP contribution in [0.15, 0.2) is 17.0 Å². The molecule has 0 aliphatic rings. The summed E-state index contributed by atoms with van der Waals surface area (Å²) in [5.41, 5.74) is 5.17. The van der Waals surface area contributed by atoms with E-state index in [4.69, 9.17) is 17.3 Å². The zero-order valence-corrected chi connectivity index (χ0v) is 13.9. The Balaban J connectivity index is 2.84. The number of sulfonamides is 1. The minimum atomic E-state index is -3.79. The molecule has 0 spiro atoms. The van der Waals surface area contributed by atoms with E-state index in [-0.39, 0.29) is 21.5 Å². The van der Waals surface area contributed by atoms with Gasteiger partial charge < -0.3 is 5.73 Å². The van der Waals surface area contributed by atoms with Crippen molar-refractivity contribution in [3.8, 4) is 0 Å². The van der Waals surface area contributed by atoms with Gasteiger partial charge in [0.1, 0.15) is 10.7 Å². The van der Waals surface area contributed by atoms with Gasteiger partial charge in [0.2, 0.25) is 10.0 Å². The van der Waals surface area contributed by atoms with Crippen LogP contribution in [0.5, 0.6) is 0 Å². The lowest BCUT2D eigenvalue weighted by atomic mass is 10.00. The van der Waals surface area contributed by atoms with Gasteiger partial charge in [0.25, 0.3) is 0 Å². The second kappa shape index (κ2) is 7.96. The van der Waals surface area contributed by atoms with Gasteiger partial charge in [0.05, 0.1) is 10.7 Å². The second-order valence-electron chi connectivity index (χ2n) is 5.07. The highest BCUT2D eigenvalue weighted by molar-refractivity contribution is 7.89. The molecule has 0 saturated carbocycles. The maximum atomic E-state index is 13.2. The predicted octanol–water partition coefficient (Wildman–Crippen LogP) is 3.56. The number of benzene rings is 1. The first-order chi connectivity index (χ1) is 9.81. The Kier molecular flexibility index (Phi) is 6.90. The van der Waals surface area contributed by atoms with Crippen molar-refractivity contribution in [3.63, 3.8) is 0 Å². The van der Waals surface area contributed by atoms with Gasteiger partial charge >= 0.3 is 0 Å². The van der Waals surface area contributed by atoms with Gasteiger partial charge in [-0.25, -0.2) is 17.5 Å². The van der Waals surface area contributed by atoms with Crippen molar-refractivity contribution < 1.29 is 12.8 Å². The van der Waals surface area contributed by atoms with Gasteiger partial charge in [-0.1, -0.05) is 44.7 Å². The highest BCUT2D eigenvalue weighted by atomic mass is 35.5. The Bertz CT molecular complexity index is 579. The van der Waals surface area contributed by atoms with Crippen LogP contribution in [0.25, 0.3) is 0 Å². The van der Waals surface area contributed by atoms with Crippen LogP contribution in [-0.2, 0) is 10.0 Å². The maximum Gasteiger partial charge on any atom is 0.242 e. The SMILES string of the molecule is CCCCC(CC)CNS(=O)(=O)c1cc(N)c(F)cc1Cl. The lowest BCUT2D eigenvalue weighted by molar-refractivity contribution is 0.443. The first-order valence-electron chi connectivity index (χ1n) is 7.06. The molecule has 21 heavy (non-hydrogen) atoms. The van der Waals surface area contributed by atoms with Crippen LogP contribution in [0.2, 0.25) is 5.02 Å². The molecule has 1 rings (SSSR count). The molecule has 3 N–H and O–H groups in total. The maximum absolute atomic E-state index is 13.2. The zero-order chi connectivity index (χ0) is 16.0. The molecule has 0 fully saturated rings. The number of nitrogens with two attached hydrogens (primary N) is 1. The average Bonchev–Trinajstić information content (AvgIpc) is 2.43. The lowest BCUT2D eigenvalue weighted by Crippen LogP contribution is -2.29. The van der Waals surface area contributed by atoms with Crippen molar-refractivity contribution in [2.45, 2.75) is 44.4 Å². The highest BCUT2D eigenvalue weighted by Gasteiger charge is 2.21. The van der Waals surface area contributed by atoms with Gasteiger partial charge in [0.15, 0.2) is 0 Å². The molecule has 1 atom stereocenters. The minimum absolute atomic E-state index is 0.171. The van der Waals surface area contributed by atoms with Crippen LogP contribution in [0, 0.1) is 11.7 Å². The van der Waals surface area contributed by atoms with E-state index in [0.717, 1.165) is 37.8 Å². The fraction of sp³-hybridized carbons (Fsp3) is 0.571. The van der Waals surface area contributed by atoms with E-state index >= 15 is 0 Å². The molecule has 0 aromatic heterocycles. The van der Waals surface area contributed by atoms with Crippen LogP contribution in [0.3, 0.4) is 0 Å². The van der Waals surface area contributed by atoms with Crippen LogP contribution in [-0.4, -0.2) is 15.0 Å². The number of nitrogen functional groups attached to an aromatic ring is 1. The number of halogens is 2. The summed E-state index contributed by atoms with van der Waals surface area (Å²) in [6.45, 7) is 4.46. The van der Waals surface area contributed by atoms with Crippen LogP contribution < -0.4 is 10.5 Å². The summed E-state index contributed by atoms with van der Waals surface area (Å²) in [5, 5.41) is -0.171. The van der Waals surface area contributed by atoms with Crippen molar-refractivity contribution in [1.29, 1.82) is 0 Å². The first-order valence-corrected chi connectivity index (χ1v) is 8.92. The van der Waals surface area contributed by atoms with Crippen molar-refractivity contribution in [2.24, 2.45) is 5.92 Å². The van der Waals surface area contributed by atoms with Gasteiger partial charge in [-0.15, -0.1) is 0 Å². The standard InChI is InChI=1S/C14H22ClFN2O2S/c1-3-5-6-10(4-2)9-18-21(19,20)14-8-13(17)12(16)7-11(14)15/h7-8,10,18H,3-6,9,17H2,1-2H3. The summed E-state index contributed by atoms with van der Waals surface area (Å²) in [7, 11) is -3.79. The smallest absolute Gasteiger partial charge is 0.242 e. The van der Waals surface area contributed by atoms with Crippen LogP contribution in [0.4, 0.5) is 10.1 Å². The summed E-state index contributed by atoms with van der Waals surface area (Å²) in [5.74, 6) is -0.454. The summed E-state index contributed by atoms with van der Waals surface area (Å²) in [6, 6.07) is 1.97. The number of hydrogen-bond acceptors (Lipinski definition) is 3. The third-order valence-corrected chi connectivity index (χ3v) is 5.33. The molecular weight excluding hydrogens is 315 g/mol. The second-order valence-corrected chi connectivity index (χ2v) is 7.22. The molecule has 1 unspecified atom stereocenters. The Morgan fingerprint density at radius 2 is 2.05 bits per heavy atom. The van der Waals surface area contributed by atoms with Gasteiger partial charge in [-0.2, -0.15) is 0 Å². The third-order valence-electron chi connectivity index (χ3n) is 3.45. The van der Waals surface area contributed by atoms with Crippen molar-refractivity contribution in [1.82, 2.24) is 4.72 Å². The molecule has 0 saturated heterocycles. The molecule has 0 amide bonds. The van der Waals surface area contributed by atoms with Gasteiger partial charge in [-0.05, 0) is 24.5 Å². The number of nitrogens with one attached hydrogen (secondary N) is 1. The molecule has 0 aliphatic heterocycles. The lowest BCUT2D eigenvalue weighted by Gasteiger charge is -2.16. The number of anilines is 1. The van der Waals surface area contributed by atoms with Gasteiger partial charge in [0, 0.05) is 6.54 Å². The summed E-state index contributed by atoms with van der Waals surface area (Å²) in [6.07, 6.45) is 3.99. The summed E-state index contributed by atoms with van der Waals surface area (Å²) in [4.78, 5) is -0.187. The van der Waals surface area contributed by atoms with Crippen molar-refractivity contribution in [3.05, 3.63) is 23.0 Å². The molecule has 4 nitrogen and oxygen atoms in total. The Labute approximate surface area is 130 Å². The van der Waals surface area contributed by atoms with E-state index < -0.39 is 15.8 Å². The fourth-order valence-corrected chi connectivity index (χ4v) is 3.66. The highest BCUT2D eigenvalue weighted by Crippen LogP contribution is 2.26. The average molecular weight is 337 g/mol. The summed E-state index contributed by atoms with van der Waals surface area (Å²) >= 11 is 5.80. The molecule has 0 heterocycles. The molecule has 7 heteroatoms. The number of hydrogen-bond donors (Lipinski definition) is 2. The number of unbranched alkanes of at least 4 members (excludes halogenated alkanes) is 1.